The number of benzene rings is 3. The number of amides is 1. The van der Waals surface area contributed by atoms with Crippen LogP contribution in [0.5, 0.6) is 0 Å². The molecule has 0 fully saturated rings. The zero-order valence-corrected chi connectivity index (χ0v) is 27.2. The Morgan fingerprint density at radius 2 is 1.48 bits per heavy atom. The first kappa shape index (κ1) is 34.8. The van der Waals surface area contributed by atoms with E-state index in [0.717, 1.165) is 54.0 Å². The van der Waals surface area contributed by atoms with Crippen molar-refractivity contribution < 1.29 is 27.2 Å². The van der Waals surface area contributed by atoms with Crippen molar-refractivity contribution in [3.05, 3.63) is 123 Å². The van der Waals surface area contributed by atoms with E-state index in [9.17, 15) is 27.2 Å². The summed E-state index contributed by atoms with van der Waals surface area (Å²) in [7, 11) is 0. The number of hydrogen-bond acceptors (Lipinski definition) is 5. The maximum atomic E-state index is 13.8. The molecule has 11 heteroatoms. The average molecular weight is 665 g/mol. The second-order valence-corrected chi connectivity index (χ2v) is 11.9. The van der Waals surface area contributed by atoms with Gasteiger partial charge in [-0.15, -0.1) is 0 Å². The molecule has 0 N–H and O–H groups in total. The molecule has 1 amide bonds. The Bertz CT molecular complexity index is 1730. The molecule has 0 radical (unpaired) electrons. The van der Waals surface area contributed by atoms with Crippen molar-refractivity contribution in [1.82, 2.24) is 19.5 Å². The van der Waals surface area contributed by atoms with Gasteiger partial charge in [-0.3, -0.25) is 9.59 Å². The fraction of sp³-hybridized carbons (Fsp3) is 0.378. The lowest BCUT2D eigenvalue weighted by Crippen LogP contribution is -2.42. The summed E-state index contributed by atoms with van der Waals surface area (Å²) in [6.07, 6.45) is -1.46. The van der Waals surface area contributed by atoms with Crippen molar-refractivity contribution in [2.24, 2.45) is 0 Å². The highest BCUT2D eigenvalue weighted by molar-refractivity contribution is 5.77. The van der Waals surface area contributed by atoms with Crippen LogP contribution in [0.15, 0.2) is 77.6 Å². The van der Waals surface area contributed by atoms with Gasteiger partial charge in [0.1, 0.15) is 11.6 Å². The number of aryl methyl sites for hydroxylation is 2. The van der Waals surface area contributed by atoms with Gasteiger partial charge in [-0.1, -0.05) is 62.4 Å². The third kappa shape index (κ3) is 8.69. The van der Waals surface area contributed by atoms with Crippen LogP contribution < -0.4 is 10.4 Å². The van der Waals surface area contributed by atoms with Crippen LogP contribution in [-0.4, -0.2) is 58.2 Å². The summed E-state index contributed by atoms with van der Waals surface area (Å²) in [5, 5.41) is 0. The second-order valence-electron chi connectivity index (χ2n) is 11.9. The normalized spacial score (nSPS) is 12.7. The molecule has 254 valence electrons. The summed E-state index contributed by atoms with van der Waals surface area (Å²) >= 11 is 0. The van der Waals surface area contributed by atoms with E-state index in [1.54, 1.807) is 21.8 Å². The van der Waals surface area contributed by atoms with Crippen molar-refractivity contribution >= 4 is 5.91 Å². The maximum Gasteiger partial charge on any atom is 0.416 e. The highest BCUT2D eigenvalue weighted by Gasteiger charge is 2.30. The van der Waals surface area contributed by atoms with Crippen LogP contribution in [-0.2, 0) is 43.2 Å². The molecule has 0 spiro atoms. The van der Waals surface area contributed by atoms with E-state index in [0.29, 0.717) is 62.3 Å². The number of hydrogen-bond donors (Lipinski definition) is 0. The number of rotatable bonds is 14. The van der Waals surface area contributed by atoms with Gasteiger partial charge >= 0.3 is 6.18 Å². The average Bonchev–Trinajstić information content (AvgIpc) is 3.58. The van der Waals surface area contributed by atoms with Crippen molar-refractivity contribution in [3.8, 4) is 11.1 Å². The van der Waals surface area contributed by atoms with Crippen molar-refractivity contribution in [1.29, 1.82) is 0 Å². The van der Waals surface area contributed by atoms with Gasteiger partial charge in [-0.25, -0.2) is 4.39 Å². The number of carbonyl (C=O) groups excluding carboxylic acids is 1. The Morgan fingerprint density at radius 3 is 2.10 bits per heavy atom. The zero-order chi connectivity index (χ0) is 34.3. The predicted molar refractivity (Wildman–Crippen MR) is 176 cm³/mol. The molecule has 5 rings (SSSR count). The molecule has 0 unspecified atom stereocenters. The predicted octanol–water partition coefficient (Wildman–Crippen LogP) is 6.14. The van der Waals surface area contributed by atoms with Crippen LogP contribution in [0.4, 0.5) is 17.6 Å². The first-order valence-electron chi connectivity index (χ1n) is 16.3. The van der Waals surface area contributed by atoms with Gasteiger partial charge in [0.05, 0.1) is 11.3 Å². The summed E-state index contributed by atoms with van der Waals surface area (Å²) < 4.78 is 54.0. The standard InChI is InChI=1S/C37H40F4N4O3/c1-3-43(4-2)22-23-44(24-27-8-13-28(14-9-27)29-15-17-30(18-16-29)37(39,40)41)35(46)25-48-45-33-7-5-6-32(33)36(47)42-34(45)21-12-26-10-19-31(38)20-11-26/h8-11,13-20H,3-7,12,21-25H2,1-2H3. The molecular formula is C37H40F4N4O3. The van der Waals surface area contributed by atoms with Crippen LogP contribution >= 0.6 is 0 Å². The Balaban J connectivity index is 1.32. The lowest BCUT2D eigenvalue weighted by atomic mass is 10.0. The molecule has 0 saturated carbocycles. The summed E-state index contributed by atoms with van der Waals surface area (Å²) in [5.74, 6) is -0.135. The quantitative estimate of drug-likeness (QED) is 0.152. The lowest BCUT2D eigenvalue weighted by molar-refractivity contribution is -0.138. The van der Waals surface area contributed by atoms with Crippen molar-refractivity contribution in [2.75, 3.05) is 32.8 Å². The van der Waals surface area contributed by atoms with Gasteiger partial charge in [0.25, 0.3) is 11.5 Å². The molecule has 7 nitrogen and oxygen atoms in total. The zero-order valence-electron chi connectivity index (χ0n) is 27.2. The van der Waals surface area contributed by atoms with Gasteiger partial charge < -0.3 is 14.6 Å². The molecule has 3 aromatic carbocycles. The molecule has 0 atom stereocenters. The molecule has 1 aromatic heterocycles. The number of fused-ring (bicyclic) bond motifs is 1. The molecule has 4 aromatic rings. The monoisotopic (exact) mass is 664 g/mol. The van der Waals surface area contributed by atoms with Crippen LogP contribution in [0.3, 0.4) is 0 Å². The third-order valence-electron chi connectivity index (χ3n) is 8.83. The topological polar surface area (TPSA) is 67.7 Å². The molecule has 0 bridgehead atoms. The number of halogens is 4. The minimum Gasteiger partial charge on any atom is -0.402 e. The van der Waals surface area contributed by atoms with E-state index < -0.39 is 11.7 Å². The Morgan fingerprint density at radius 1 is 0.854 bits per heavy atom. The van der Waals surface area contributed by atoms with Gasteiger partial charge in [0.15, 0.2) is 6.61 Å². The molecular weight excluding hydrogens is 624 g/mol. The third-order valence-corrected chi connectivity index (χ3v) is 8.83. The smallest absolute Gasteiger partial charge is 0.402 e. The Kier molecular flexibility index (Phi) is 11.3. The van der Waals surface area contributed by atoms with Crippen molar-refractivity contribution in [3.63, 3.8) is 0 Å². The highest BCUT2D eigenvalue weighted by Crippen LogP contribution is 2.31. The summed E-state index contributed by atoms with van der Waals surface area (Å²) in [6.45, 7) is 6.99. The van der Waals surface area contributed by atoms with E-state index in [1.165, 1.54) is 24.3 Å². The Labute approximate surface area is 277 Å². The van der Waals surface area contributed by atoms with Gasteiger partial charge in [0.2, 0.25) is 0 Å². The van der Waals surface area contributed by atoms with E-state index in [2.05, 4.69) is 23.7 Å². The first-order valence-corrected chi connectivity index (χ1v) is 16.3. The number of nitrogens with zero attached hydrogens (tertiary/aromatic N) is 4. The fourth-order valence-electron chi connectivity index (χ4n) is 5.96. The highest BCUT2D eigenvalue weighted by atomic mass is 19.4. The first-order chi connectivity index (χ1) is 23.0. The number of carbonyl (C=O) groups is 1. The van der Waals surface area contributed by atoms with Gasteiger partial charge in [-0.05, 0) is 85.3 Å². The van der Waals surface area contributed by atoms with Crippen molar-refractivity contribution in [2.45, 2.75) is 58.7 Å². The SMILES string of the molecule is CCN(CC)CCN(Cc1ccc(-c2ccc(C(F)(F)F)cc2)cc1)C(=O)COn1c(CCc2ccc(F)cc2)nc(=O)c2c1CCC2. The molecule has 1 aliphatic rings. The summed E-state index contributed by atoms with van der Waals surface area (Å²) in [6, 6.07) is 18.6. The maximum absolute atomic E-state index is 13.8. The molecule has 0 aliphatic heterocycles. The van der Waals surface area contributed by atoms with Crippen LogP contribution in [0.1, 0.15) is 54.0 Å². The number of alkyl halides is 3. The van der Waals surface area contributed by atoms with E-state index in [4.69, 9.17) is 4.84 Å². The minimum atomic E-state index is -4.40. The van der Waals surface area contributed by atoms with Crippen LogP contribution in [0.2, 0.25) is 0 Å². The van der Waals surface area contributed by atoms with Gasteiger partial charge in [-0.2, -0.15) is 22.9 Å². The van der Waals surface area contributed by atoms with Crippen LogP contribution in [0, 0.1) is 5.82 Å². The number of aromatic nitrogens is 2. The number of likely N-dealkylation sites (N-methyl/N-ethyl adjacent to an activating group) is 1. The van der Waals surface area contributed by atoms with Crippen LogP contribution in [0.25, 0.3) is 11.1 Å². The van der Waals surface area contributed by atoms with Gasteiger partial charge in [0, 0.05) is 31.6 Å². The molecule has 48 heavy (non-hydrogen) atoms. The van der Waals surface area contributed by atoms with E-state index in [-0.39, 0.29) is 23.9 Å². The Hall–Kier alpha value is -4.51. The molecule has 0 saturated heterocycles. The van der Waals surface area contributed by atoms with E-state index >= 15 is 0 Å². The fourth-order valence-corrected chi connectivity index (χ4v) is 5.96. The van der Waals surface area contributed by atoms with E-state index in [1.807, 2.05) is 24.3 Å². The molecule has 1 heterocycles. The summed E-state index contributed by atoms with van der Waals surface area (Å²) in [4.78, 5) is 41.0. The lowest BCUT2D eigenvalue weighted by Gasteiger charge is -2.27. The summed E-state index contributed by atoms with van der Waals surface area (Å²) in [5.41, 5.74) is 3.56. The second kappa shape index (κ2) is 15.6. The minimum absolute atomic E-state index is 0.232. The largest absolute Gasteiger partial charge is 0.416 e. The molecule has 1 aliphatic carbocycles.